The van der Waals surface area contributed by atoms with Crippen LogP contribution in [0.1, 0.15) is 6.42 Å². The van der Waals surface area contributed by atoms with Crippen molar-refractivity contribution in [3.05, 3.63) is 12.2 Å². The topological polar surface area (TPSA) is 9.23 Å². The first-order valence-electron chi connectivity index (χ1n) is 2.85. The zero-order valence-corrected chi connectivity index (χ0v) is 5.91. The molecule has 0 amide bonds. The zero-order chi connectivity index (χ0) is 7.56. The fourth-order valence-corrected chi connectivity index (χ4v) is 0.659. The van der Waals surface area contributed by atoms with Crippen molar-refractivity contribution < 1.29 is 13.5 Å². The second kappa shape index (κ2) is 3.05. The molecule has 0 heterocycles. The molecule has 0 aromatic heterocycles. The maximum absolute atomic E-state index is 11.7. The van der Waals surface area contributed by atoms with Gasteiger partial charge >= 0.3 is 6.43 Å². The van der Waals surface area contributed by atoms with Crippen molar-refractivity contribution in [3.63, 3.8) is 0 Å². The molecular formula is C6H6F2OS. The van der Waals surface area contributed by atoms with Crippen LogP contribution in [0.15, 0.2) is 12.2 Å². The molecule has 4 heteroatoms. The molecule has 0 aliphatic heterocycles. The molecule has 10 heavy (non-hydrogen) atoms. The molecule has 0 aromatic rings. The van der Waals surface area contributed by atoms with Crippen molar-refractivity contribution in [1.82, 2.24) is 0 Å². The Morgan fingerprint density at radius 3 is 2.60 bits per heavy atom. The summed E-state index contributed by atoms with van der Waals surface area (Å²) in [6.45, 7) is 0. The molecule has 1 unspecified atom stereocenters. The molecule has 1 atom stereocenters. The molecule has 0 fully saturated rings. The standard InChI is InChI=1S/C6H6F2OS/c7-5(8)6(10)9-4-2-1-3-4/h1-2,4-5H,3H2. The van der Waals surface area contributed by atoms with Crippen molar-refractivity contribution in [1.29, 1.82) is 0 Å². The smallest absolute Gasteiger partial charge is 0.305 e. The summed E-state index contributed by atoms with van der Waals surface area (Å²) in [5.74, 6) is 0. The first kappa shape index (κ1) is 7.60. The summed E-state index contributed by atoms with van der Waals surface area (Å²) in [6, 6.07) is 0. The van der Waals surface area contributed by atoms with Gasteiger partial charge in [-0.3, -0.25) is 0 Å². The lowest BCUT2D eigenvalue weighted by atomic mass is 10.1. The van der Waals surface area contributed by atoms with Gasteiger partial charge in [-0.2, -0.15) is 0 Å². The predicted octanol–water partition coefficient (Wildman–Crippen LogP) is 1.92. The van der Waals surface area contributed by atoms with Crippen LogP contribution < -0.4 is 0 Å². The van der Waals surface area contributed by atoms with E-state index in [1.54, 1.807) is 6.08 Å². The normalized spacial score (nSPS) is 22.5. The van der Waals surface area contributed by atoms with Crippen LogP contribution in [0.5, 0.6) is 0 Å². The van der Waals surface area contributed by atoms with Crippen LogP contribution >= 0.6 is 12.2 Å². The van der Waals surface area contributed by atoms with E-state index in [4.69, 9.17) is 0 Å². The van der Waals surface area contributed by atoms with E-state index >= 15 is 0 Å². The highest BCUT2D eigenvalue weighted by Crippen LogP contribution is 2.14. The first-order valence-corrected chi connectivity index (χ1v) is 3.26. The maximum atomic E-state index is 11.7. The Balaban J connectivity index is 2.24. The number of alkyl halides is 2. The van der Waals surface area contributed by atoms with Crippen LogP contribution in [0.2, 0.25) is 0 Å². The quantitative estimate of drug-likeness (QED) is 0.455. The van der Waals surface area contributed by atoms with Gasteiger partial charge in [0.05, 0.1) is 0 Å². The van der Waals surface area contributed by atoms with Crippen molar-refractivity contribution >= 4 is 17.3 Å². The van der Waals surface area contributed by atoms with Crippen LogP contribution in [-0.4, -0.2) is 17.6 Å². The number of ether oxygens (including phenoxy) is 1. The molecule has 1 nitrogen and oxygen atoms in total. The van der Waals surface area contributed by atoms with E-state index in [0.29, 0.717) is 6.42 Å². The molecule has 0 N–H and O–H groups in total. The number of thiocarbonyl (C=S) groups is 1. The van der Waals surface area contributed by atoms with Gasteiger partial charge in [0.25, 0.3) is 0 Å². The van der Waals surface area contributed by atoms with Gasteiger partial charge in [-0.05, 0) is 18.3 Å². The van der Waals surface area contributed by atoms with Gasteiger partial charge in [0.1, 0.15) is 6.10 Å². The summed E-state index contributed by atoms with van der Waals surface area (Å²) < 4.78 is 28.0. The summed E-state index contributed by atoms with van der Waals surface area (Å²) in [5, 5.41) is -0.602. The van der Waals surface area contributed by atoms with Gasteiger partial charge in [-0.1, -0.05) is 6.08 Å². The molecule has 1 aliphatic rings. The van der Waals surface area contributed by atoms with Gasteiger partial charge in [-0.25, -0.2) is 8.78 Å². The fourth-order valence-electron chi connectivity index (χ4n) is 0.535. The number of hydrogen-bond acceptors (Lipinski definition) is 2. The highest BCUT2D eigenvalue weighted by molar-refractivity contribution is 7.80. The third kappa shape index (κ3) is 1.73. The first-order chi connectivity index (χ1) is 4.70. The van der Waals surface area contributed by atoms with Crippen LogP contribution in [0.3, 0.4) is 0 Å². The summed E-state index contributed by atoms with van der Waals surface area (Å²) in [5.41, 5.74) is 0. The van der Waals surface area contributed by atoms with E-state index in [2.05, 4.69) is 17.0 Å². The molecule has 0 saturated heterocycles. The van der Waals surface area contributed by atoms with E-state index in [-0.39, 0.29) is 6.10 Å². The lowest BCUT2D eigenvalue weighted by Gasteiger charge is -2.19. The van der Waals surface area contributed by atoms with Crippen LogP contribution in [0.4, 0.5) is 8.78 Å². The lowest BCUT2D eigenvalue weighted by molar-refractivity contribution is 0.147. The SMILES string of the molecule is FC(F)C(=S)OC1C=CC1. The Labute approximate surface area is 62.7 Å². The average molecular weight is 164 g/mol. The van der Waals surface area contributed by atoms with Crippen molar-refractivity contribution in [2.24, 2.45) is 0 Å². The summed E-state index contributed by atoms with van der Waals surface area (Å²) in [6.07, 6.45) is 1.39. The van der Waals surface area contributed by atoms with Crippen LogP contribution in [0, 0.1) is 0 Å². The minimum absolute atomic E-state index is 0.207. The largest absolute Gasteiger partial charge is 0.474 e. The summed E-state index contributed by atoms with van der Waals surface area (Å²) in [4.78, 5) is 0. The Morgan fingerprint density at radius 2 is 2.30 bits per heavy atom. The van der Waals surface area contributed by atoms with Crippen molar-refractivity contribution in [2.75, 3.05) is 0 Å². The number of halogens is 2. The lowest BCUT2D eigenvalue weighted by Crippen LogP contribution is -2.22. The van der Waals surface area contributed by atoms with E-state index in [1.807, 2.05) is 6.08 Å². The minimum Gasteiger partial charge on any atom is -0.474 e. The maximum Gasteiger partial charge on any atom is 0.305 e. The third-order valence-corrected chi connectivity index (χ3v) is 1.44. The number of hydrogen-bond donors (Lipinski definition) is 0. The van der Waals surface area contributed by atoms with Crippen LogP contribution in [-0.2, 0) is 4.74 Å². The molecular weight excluding hydrogens is 158 g/mol. The van der Waals surface area contributed by atoms with E-state index in [0.717, 1.165) is 0 Å². The summed E-state index contributed by atoms with van der Waals surface area (Å²) in [7, 11) is 0. The molecule has 1 aliphatic carbocycles. The molecule has 0 aromatic carbocycles. The third-order valence-electron chi connectivity index (χ3n) is 1.16. The zero-order valence-electron chi connectivity index (χ0n) is 5.09. The minimum atomic E-state index is -2.64. The predicted molar refractivity (Wildman–Crippen MR) is 37.2 cm³/mol. The second-order valence-corrected chi connectivity index (χ2v) is 2.34. The molecule has 0 saturated carbocycles. The van der Waals surface area contributed by atoms with Gasteiger partial charge < -0.3 is 4.74 Å². The van der Waals surface area contributed by atoms with Gasteiger partial charge in [0.2, 0.25) is 5.05 Å². The van der Waals surface area contributed by atoms with Crippen molar-refractivity contribution in [3.8, 4) is 0 Å². The van der Waals surface area contributed by atoms with E-state index in [9.17, 15) is 8.78 Å². The van der Waals surface area contributed by atoms with Crippen molar-refractivity contribution in [2.45, 2.75) is 19.0 Å². The Morgan fingerprint density at radius 1 is 1.70 bits per heavy atom. The Hall–Kier alpha value is -0.510. The Bertz CT molecular complexity index is 167. The molecule has 0 bridgehead atoms. The average Bonchev–Trinajstić information content (AvgIpc) is 1.77. The fraction of sp³-hybridized carbons (Fsp3) is 0.500. The summed E-state index contributed by atoms with van der Waals surface area (Å²) >= 11 is 4.25. The van der Waals surface area contributed by atoms with Gasteiger partial charge in [0, 0.05) is 6.42 Å². The molecule has 56 valence electrons. The Kier molecular flexibility index (Phi) is 2.32. The highest BCUT2D eigenvalue weighted by Gasteiger charge is 2.18. The number of rotatable bonds is 2. The second-order valence-electron chi connectivity index (χ2n) is 1.94. The molecule has 1 rings (SSSR count). The molecule has 0 radical (unpaired) electrons. The van der Waals surface area contributed by atoms with Crippen LogP contribution in [0.25, 0.3) is 0 Å². The van der Waals surface area contributed by atoms with Gasteiger partial charge in [-0.15, -0.1) is 0 Å². The monoisotopic (exact) mass is 164 g/mol. The van der Waals surface area contributed by atoms with Gasteiger partial charge in [0.15, 0.2) is 0 Å². The molecule has 0 spiro atoms. The van der Waals surface area contributed by atoms with E-state index in [1.165, 1.54) is 0 Å². The highest BCUT2D eigenvalue weighted by atomic mass is 32.1. The van der Waals surface area contributed by atoms with E-state index < -0.39 is 11.5 Å².